The standard InChI is InChI=1S/C48H80NO10P/c1-6-8-10-11-12-13-14-15-16-17-18-19-20-25-33-39-48(53)59-46(43-58-60(54,55)57-41-40-49(3,4)5)42-56-47(52)38-32-24-22-21-23-29-35-45(51)37-31-27-26-30-36-44(50)34-28-9-7-2/h9,12-13,15-16,22-24,26-31,36-37,44-46,50-51H,6-8,10-11,14,17-21,25,32-35,38-43H2,1-5H3/p+1/b13-12-,16-15-,24-22-,27-26-,28-9-,29-23-,36-30+,37-31+/t44-,45+,46-/m1/s1. The zero-order valence-corrected chi connectivity index (χ0v) is 38.5. The number of likely N-dealkylation sites (N-methyl/N-ethyl adjacent to an activating group) is 1. The van der Waals surface area contributed by atoms with Gasteiger partial charge in [0.25, 0.3) is 0 Å². The van der Waals surface area contributed by atoms with Crippen LogP contribution in [0.25, 0.3) is 0 Å². The van der Waals surface area contributed by atoms with E-state index < -0.39 is 44.7 Å². The van der Waals surface area contributed by atoms with Gasteiger partial charge < -0.3 is 29.1 Å². The number of hydrogen-bond acceptors (Lipinski definition) is 9. The number of aliphatic hydroxyl groups is 2. The van der Waals surface area contributed by atoms with Crippen LogP contribution >= 0.6 is 7.82 Å². The summed E-state index contributed by atoms with van der Waals surface area (Å²) in [5, 5.41) is 20.0. The Morgan fingerprint density at radius 1 is 0.617 bits per heavy atom. The maximum absolute atomic E-state index is 12.7. The van der Waals surface area contributed by atoms with Crippen molar-refractivity contribution in [3.63, 3.8) is 0 Å². The molecule has 1 unspecified atom stereocenters. The number of nitrogens with zero attached hydrogens (tertiary/aromatic N) is 1. The van der Waals surface area contributed by atoms with Crippen molar-refractivity contribution in [1.29, 1.82) is 0 Å². The highest BCUT2D eigenvalue weighted by Gasteiger charge is 2.27. The number of aliphatic hydroxyl groups excluding tert-OH is 2. The van der Waals surface area contributed by atoms with Crippen molar-refractivity contribution in [1.82, 2.24) is 0 Å². The number of allylic oxidation sites excluding steroid dienone is 12. The topological polar surface area (TPSA) is 149 Å². The molecule has 342 valence electrons. The molecule has 0 aromatic carbocycles. The molecule has 0 aromatic rings. The lowest BCUT2D eigenvalue weighted by Crippen LogP contribution is -2.37. The summed E-state index contributed by atoms with van der Waals surface area (Å²) in [5.74, 6) is -0.993. The highest BCUT2D eigenvalue weighted by atomic mass is 31.2. The molecule has 0 spiro atoms. The largest absolute Gasteiger partial charge is 0.472 e. The number of carbonyl (C=O) groups excluding carboxylic acids is 2. The molecule has 3 N–H and O–H groups in total. The van der Waals surface area contributed by atoms with Crippen LogP contribution < -0.4 is 0 Å². The molecule has 0 fully saturated rings. The van der Waals surface area contributed by atoms with Crippen molar-refractivity contribution >= 4 is 19.8 Å². The number of carbonyl (C=O) groups is 2. The maximum Gasteiger partial charge on any atom is 0.472 e. The molecule has 0 saturated heterocycles. The van der Waals surface area contributed by atoms with Gasteiger partial charge >= 0.3 is 19.8 Å². The van der Waals surface area contributed by atoms with Gasteiger partial charge in [0.2, 0.25) is 0 Å². The van der Waals surface area contributed by atoms with E-state index in [0.29, 0.717) is 43.1 Å². The molecular formula is C48H81NO10P+. The second-order valence-corrected chi connectivity index (χ2v) is 17.2. The third-order valence-electron chi connectivity index (χ3n) is 8.78. The summed E-state index contributed by atoms with van der Waals surface area (Å²) in [7, 11) is 1.35. The molecule has 0 heterocycles. The first-order valence-electron chi connectivity index (χ1n) is 22.2. The van der Waals surface area contributed by atoms with Crippen LogP contribution in [0.4, 0.5) is 0 Å². The fourth-order valence-corrected chi connectivity index (χ4v) is 5.98. The summed E-state index contributed by atoms with van der Waals surface area (Å²) >= 11 is 0. The molecule has 0 amide bonds. The predicted molar refractivity (Wildman–Crippen MR) is 245 cm³/mol. The van der Waals surface area contributed by atoms with E-state index in [4.69, 9.17) is 18.5 Å². The molecule has 11 nitrogen and oxygen atoms in total. The van der Waals surface area contributed by atoms with Gasteiger partial charge in [0.05, 0.1) is 40.0 Å². The van der Waals surface area contributed by atoms with E-state index in [-0.39, 0.29) is 26.1 Å². The van der Waals surface area contributed by atoms with Gasteiger partial charge in [-0.25, -0.2) is 4.57 Å². The second kappa shape index (κ2) is 38.7. The number of unbranched alkanes of at least 4 members (excludes halogenated alkanes) is 8. The number of ether oxygens (including phenoxy) is 2. The number of phosphoric acid groups is 1. The van der Waals surface area contributed by atoms with E-state index in [0.717, 1.165) is 51.4 Å². The Morgan fingerprint density at radius 3 is 1.77 bits per heavy atom. The summed E-state index contributed by atoms with van der Waals surface area (Å²) in [5.41, 5.74) is 0. The van der Waals surface area contributed by atoms with E-state index in [9.17, 15) is 29.3 Å². The number of phosphoric ester groups is 1. The van der Waals surface area contributed by atoms with Crippen molar-refractivity contribution in [2.24, 2.45) is 0 Å². The first-order chi connectivity index (χ1) is 28.8. The lowest BCUT2D eigenvalue weighted by atomic mass is 10.1. The molecule has 0 aliphatic carbocycles. The second-order valence-electron chi connectivity index (χ2n) is 15.7. The van der Waals surface area contributed by atoms with Crippen molar-refractivity contribution in [2.45, 2.75) is 148 Å². The molecule has 0 aliphatic heterocycles. The number of quaternary nitrogens is 1. The predicted octanol–water partition coefficient (Wildman–Crippen LogP) is 10.5. The van der Waals surface area contributed by atoms with Crippen molar-refractivity contribution in [3.8, 4) is 0 Å². The highest BCUT2D eigenvalue weighted by Crippen LogP contribution is 2.43. The van der Waals surface area contributed by atoms with E-state index in [1.807, 2.05) is 64.5 Å². The Balaban J connectivity index is 4.63. The summed E-state index contributed by atoms with van der Waals surface area (Å²) in [6.45, 7) is 3.95. The third kappa shape index (κ3) is 41.6. The highest BCUT2D eigenvalue weighted by molar-refractivity contribution is 7.47. The smallest absolute Gasteiger partial charge is 0.462 e. The van der Waals surface area contributed by atoms with Crippen molar-refractivity contribution in [3.05, 3.63) is 97.2 Å². The minimum Gasteiger partial charge on any atom is -0.462 e. The molecule has 60 heavy (non-hydrogen) atoms. The summed E-state index contributed by atoms with van der Waals surface area (Å²) in [6, 6.07) is 0. The third-order valence-corrected chi connectivity index (χ3v) is 9.76. The van der Waals surface area contributed by atoms with Crippen LogP contribution in [-0.4, -0.2) is 97.3 Å². The minimum atomic E-state index is -4.43. The molecule has 0 saturated carbocycles. The Labute approximate surface area is 363 Å². The van der Waals surface area contributed by atoms with Gasteiger partial charge in [-0.1, -0.05) is 143 Å². The first kappa shape index (κ1) is 56.9. The summed E-state index contributed by atoms with van der Waals surface area (Å²) in [4.78, 5) is 35.3. The maximum atomic E-state index is 12.7. The number of esters is 2. The van der Waals surface area contributed by atoms with Crippen LogP contribution in [0.15, 0.2) is 97.2 Å². The minimum absolute atomic E-state index is 0.00615. The monoisotopic (exact) mass is 863 g/mol. The zero-order chi connectivity index (χ0) is 44.6. The van der Waals surface area contributed by atoms with Gasteiger partial charge in [0.15, 0.2) is 6.10 Å². The first-order valence-corrected chi connectivity index (χ1v) is 23.7. The van der Waals surface area contributed by atoms with Crippen LogP contribution in [-0.2, 0) is 32.7 Å². The van der Waals surface area contributed by atoms with Gasteiger partial charge in [-0.15, -0.1) is 0 Å². The molecule has 0 bridgehead atoms. The van der Waals surface area contributed by atoms with E-state index in [1.165, 1.54) is 19.3 Å². The van der Waals surface area contributed by atoms with Crippen LogP contribution in [0.1, 0.15) is 129 Å². The van der Waals surface area contributed by atoms with Gasteiger partial charge in [-0.3, -0.25) is 18.6 Å². The van der Waals surface area contributed by atoms with Crippen molar-refractivity contribution < 1.29 is 52.3 Å². The molecule has 0 rings (SSSR count). The Bertz CT molecular complexity index is 1380. The normalized spacial score (nSPS) is 15.5. The zero-order valence-electron chi connectivity index (χ0n) is 37.6. The van der Waals surface area contributed by atoms with Crippen LogP contribution in [0, 0.1) is 0 Å². The van der Waals surface area contributed by atoms with E-state index >= 15 is 0 Å². The van der Waals surface area contributed by atoms with Gasteiger partial charge in [-0.2, -0.15) is 0 Å². The Kier molecular flexibility index (Phi) is 36.7. The quantitative estimate of drug-likeness (QED) is 0.0137. The van der Waals surface area contributed by atoms with Crippen LogP contribution in [0.3, 0.4) is 0 Å². The number of rotatable bonds is 38. The summed E-state index contributed by atoms with van der Waals surface area (Å²) in [6.07, 6.45) is 43.9. The molecule has 0 radical (unpaired) electrons. The molecule has 12 heteroatoms. The van der Waals surface area contributed by atoms with E-state index in [1.54, 1.807) is 36.5 Å². The van der Waals surface area contributed by atoms with Gasteiger partial charge in [0.1, 0.15) is 19.8 Å². The Morgan fingerprint density at radius 2 is 1.17 bits per heavy atom. The van der Waals surface area contributed by atoms with Crippen LogP contribution in [0.2, 0.25) is 0 Å². The van der Waals surface area contributed by atoms with Crippen LogP contribution in [0.5, 0.6) is 0 Å². The lowest BCUT2D eigenvalue weighted by Gasteiger charge is -2.24. The fraction of sp³-hybridized carbons (Fsp3) is 0.625. The molecule has 4 atom stereocenters. The molecular weight excluding hydrogens is 781 g/mol. The summed E-state index contributed by atoms with van der Waals surface area (Å²) < 4.78 is 34.1. The van der Waals surface area contributed by atoms with Crippen molar-refractivity contribution in [2.75, 3.05) is 47.5 Å². The van der Waals surface area contributed by atoms with Gasteiger partial charge in [-0.05, 0) is 70.6 Å². The van der Waals surface area contributed by atoms with Gasteiger partial charge in [0, 0.05) is 12.8 Å². The van der Waals surface area contributed by atoms with E-state index in [2.05, 4.69) is 31.2 Å². The average molecular weight is 863 g/mol. The number of hydrogen-bond donors (Lipinski definition) is 3. The SMILES string of the molecule is CC/C=C\C[C@@H](O)/C=C/C=C\C=C\[C@@H](O)C/C=C\C/C=C\CCC(=O)OC[C@H](COP(=O)(O)OCC[N+](C)(C)C)OC(=O)CCCCCCC/C=C\C/C=C\CCCCC. The molecule has 0 aliphatic rings. The lowest BCUT2D eigenvalue weighted by molar-refractivity contribution is -0.870. The average Bonchev–Trinajstić information content (AvgIpc) is 3.19. The Hall–Kier alpha value is -3.15. The fourth-order valence-electron chi connectivity index (χ4n) is 5.24. The molecule has 0 aromatic heterocycles.